The van der Waals surface area contributed by atoms with Gasteiger partial charge in [0, 0.05) is 6.54 Å². The van der Waals surface area contributed by atoms with Crippen LogP contribution in [-0.2, 0) is 6.54 Å². The molecule has 0 radical (unpaired) electrons. The Balaban J connectivity index is 2.80. The Morgan fingerprint density at radius 1 is 1.22 bits per heavy atom. The third-order valence-corrected chi connectivity index (χ3v) is 2.06. The lowest BCUT2D eigenvalue weighted by molar-refractivity contribution is -0.211. The summed E-state index contributed by atoms with van der Waals surface area (Å²) < 4.78 is 66.6. The first-order chi connectivity index (χ1) is 8.25. The maximum absolute atomic E-state index is 13.3. The summed E-state index contributed by atoms with van der Waals surface area (Å²) in [4.78, 5) is 0. The first-order valence-corrected chi connectivity index (χ1v) is 4.81. The number of benzene rings is 1. The van der Waals surface area contributed by atoms with E-state index in [1.165, 1.54) is 0 Å². The fourth-order valence-electron chi connectivity index (χ4n) is 1.12. The molecule has 0 aliphatic heterocycles. The lowest BCUT2D eigenvalue weighted by Gasteiger charge is -2.16. The van der Waals surface area contributed by atoms with E-state index in [2.05, 4.69) is 4.74 Å². The molecule has 3 nitrogen and oxygen atoms in total. The Hall–Kier alpha value is -1.41. The second-order valence-corrected chi connectivity index (χ2v) is 3.46. The van der Waals surface area contributed by atoms with E-state index < -0.39 is 36.3 Å². The lowest BCUT2D eigenvalue weighted by Crippen LogP contribution is -2.34. The number of nitrogens with two attached hydrogens (primary N) is 1. The minimum Gasteiger partial charge on any atom is -0.484 e. The quantitative estimate of drug-likeness (QED) is 0.820. The lowest BCUT2D eigenvalue weighted by atomic mass is 10.2. The third kappa shape index (κ3) is 3.54. The van der Waals surface area contributed by atoms with Crippen LogP contribution in [0.3, 0.4) is 0 Å². The van der Waals surface area contributed by atoms with E-state index in [0.29, 0.717) is 0 Å². The molecule has 3 N–H and O–H groups in total. The molecule has 0 fully saturated rings. The second-order valence-electron chi connectivity index (χ2n) is 3.46. The number of halogens is 5. The molecule has 0 saturated carbocycles. The van der Waals surface area contributed by atoms with Crippen molar-refractivity contribution in [2.45, 2.75) is 18.8 Å². The highest BCUT2D eigenvalue weighted by Gasteiger charge is 2.39. The molecule has 0 amide bonds. The van der Waals surface area contributed by atoms with Crippen molar-refractivity contribution in [1.29, 1.82) is 0 Å². The van der Waals surface area contributed by atoms with E-state index in [1.807, 2.05) is 0 Å². The fourth-order valence-corrected chi connectivity index (χ4v) is 1.12. The van der Waals surface area contributed by atoms with E-state index in [1.54, 1.807) is 0 Å². The van der Waals surface area contributed by atoms with Gasteiger partial charge >= 0.3 is 6.18 Å². The number of rotatable bonds is 4. The summed E-state index contributed by atoms with van der Waals surface area (Å²) in [5.74, 6) is -3.33. The number of hydrogen-bond acceptors (Lipinski definition) is 3. The van der Waals surface area contributed by atoms with Gasteiger partial charge in [-0.3, -0.25) is 0 Å². The molecule has 0 saturated heterocycles. The van der Waals surface area contributed by atoms with Crippen LogP contribution in [0, 0.1) is 11.6 Å². The third-order valence-electron chi connectivity index (χ3n) is 2.06. The molecular weight excluding hydrogens is 261 g/mol. The predicted molar refractivity (Wildman–Crippen MR) is 51.8 cm³/mol. The summed E-state index contributed by atoms with van der Waals surface area (Å²) in [6.07, 6.45) is -7.73. The van der Waals surface area contributed by atoms with Crippen LogP contribution in [0.25, 0.3) is 0 Å². The SMILES string of the molecule is NCc1cc(F)c(OCC(O)C(F)(F)F)c(F)c1. The zero-order chi connectivity index (χ0) is 13.9. The van der Waals surface area contributed by atoms with Gasteiger partial charge in [0.05, 0.1) is 0 Å². The molecule has 0 bridgehead atoms. The van der Waals surface area contributed by atoms with Crippen LogP contribution in [0.4, 0.5) is 22.0 Å². The van der Waals surface area contributed by atoms with E-state index in [4.69, 9.17) is 10.8 Å². The highest BCUT2D eigenvalue weighted by molar-refractivity contribution is 5.31. The van der Waals surface area contributed by atoms with E-state index in [9.17, 15) is 22.0 Å². The Bertz CT molecular complexity index is 398. The van der Waals surface area contributed by atoms with Crippen LogP contribution < -0.4 is 10.5 Å². The molecule has 1 aromatic carbocycles. The summed E-state index contributed by atoms with van der Waals surface area (Å²) in [6, 6.07) is 1.69. The molecule has 1 unspecified atom stereocenters. The summed E-state index contributed by atoms with van der Waals surface area (Å²) in [6.45, 7) is -1.42. The van der Waals surface area contributed by atoms with Gasteiger partial charge in [-0.1, -0.05) is 0 Å². The minimum absolute atomic E-state index is 0.126. The van der Waals surface area contributed by atoms with Crippen molar-refractivity contribution < 1.29 is 31.8 Å². The maximum Gasteiger partial charge on any atom is 0.417 e. The molecule has 1 aromatic rings. The van der Waals surface area contributed by atoms with Gasteiger partial charge in [0.2, 0.25) is 0 Å². The van der Waals surface area contributed by atoms with E-state index in [-0.39, 0.29) is 12.1 Å². The molecule has 18 heavy (non-hydrogen) atoms. The smallest absolute Gasteiger partial charge is 0.417 e. The first kappa shape index (κ1) is 14.7. The number of ether oxygens (including phenoxy) is 1. The highest BCUT2D eigenvalue weighted by atomic mass is 19.4. The molecule has 0 aliphatic carbocycles. The predicted octanol–water partition coefficient (Wildman–Crippen LogP) is 1.73. The van der Waals surface area contributed by atoms with Crippen molar-refractivity contribution in [1.82, 2.24) is 0 Å². The minimum atomic E-state index is -4.91. The second kappa shape index (κ2) is 5.49. The number of hydrogen-bond donors (Lipinski definition) is 2. The van der Waals surface area contributed by atoms with Crippen molar-refractivity contribution in [3.8, 4) is 5.75 Å². The van der Waals surface area contributed by atoms with Gasteiger partial charge in [0.15, 0.2) is 23.5 Å². The number of aliphatic hydroxyl groups excluding tert-OH is 1. The fraction of sp³-hybridized carbons (Fsp3) is 0.400. The van der Waals surface area contributed by atoms with Crippen LogP contribution >= 0.6 is 0 Å². The molecule has 0 aliphatic rings. The zero-order valence-corrected chi connectivity index (χ0v) is 8.97. The number of alkyl halides is 3. The van der Waals surface area contributed by atoms with Gasteiger partial charge in [-0.2, -0.15) is 13.2 Å². The largest absolute Gasteiger partial charge is 0.484 e. The highest BCUT2D eigenvalue weighted by Crippen LogP contribution is 2.25. The standard InChI is InChI=1S/C10H10F5NO2/c11-6-1-5(3-16)2-7(12)9(6)18-4-8(17)10(13,14)15/h1-2,8,17H,3-4,16H2. The van der Waals surface area contributed by atoms with Crippen molar-refractivity contribution in [2.24, 2.45) is 5.73 Å². The van der Waals surface area contributed by atoms with Gasteiger partial charge < -0.3 is 15.6 Å². The molecule has 0 heterocycles. The van der Waals surface area contributed by atoms with Crippen molar-refractivity contribution >= 4 is 0 Å². The summed E-state index contributed by atoms with van der Waals surface area (Å²) in [5, 5.41) is 8.61. The molecule has 0 spiro atoms. The Kier molecular flexibility index (Phi) is 4.47. The van der Waals surface area contributed by atoms with Crippen LogP contribution in [0.5, 0.6) is 5.75 Å². The van der Waals surface area contributed by atoms with Crippen molar-refractivity contribution in [2.75, 3.05) is 6.61 Å². The van der Waals surface area contributed by atoms with Crippen LogP contribution in [-0.4, -0.2) is 24.0 Å². The maximum atomic E-state index is 13.3. The van der Waals surface area contributed by atoms with Crippen LogP contribution in [0.1, 0.15) is 5.56 Å². The monoisotopic (exact) mass is 271 g/mol. The van der Waals surface area contributed by atoms with Gasteiger partial charge in [-0.05, 0) is 17.7 Å². The summed E-state index contributed by atoms with van der Waals surface area (Å²) >= 11 is 0. The van der Waals surface area contributed by atoms with E-state index >= 15 is 0 Å². The molecule has 8 heteroatoms. The van der Waals surface area contributed by atoms with Crippen LogP contribution in [0.2, 0.25) is 0 Å². The summed E-state index contributed by atoms with van der Waals surface area (Å²) in [7, 11) is 0. The van der Waals surface area contributed by atoms with Crippen LogP contribution in [0.15, 0.2) is 12.1 Å². The van der Waals surface area contributed by atoms with Crippen molar-refractivity contribution in [3.63, 3.8) is 0 Å². The van der Waals surface area contributed by atoms with Crippen molar-refractivity contribution in [3.05, 3.63) is 29.3 Å². The molecular formula is C10H10F5NO2. The average Bonchev–Trinajstić information content (AvgIpc) is 2.25. The Morgan fingerprint density at radius 3 is 2.11 bits per heavy atom. The van der Waals surface area contributed by atoms with E-state index in [0.717, 1.165) is 12.1 Å². The molecule has 1 rings (SSSR count). The molecule has 0 aromatic heterocycles. The topological polar surface area (TPSA) is 55.5 Å². The summed E-state index contributed by atoms with van der Waals surface area (Å²) in [5.41, 5.74) is 5.29. The molecule has 1 atom stereocenters. The van der Waals surface area contributed by atoms with Gasteiger partial charge in [0.1, 0.15) is 6.61 Å². The number of aliphatic hydroxyl groups is 1. The van der Waals surface area contributed by atoms with Gasteiger partial charge in [-0.25, -0.2) is 8.78 Å². The van der Waals surface area contributed by atoms with Gasteiger partial charge in [-0.15, -0.1) is 0 Å². The average molecular weight is 271 g/mol. The van der Waals surface area contributed by atoms with Gasteiger partial charge in [0.25, 0.3) is 0 Å². The first-order valence-electron chi connectivity index (χ1n) is 4.81. The zero-order valence-electron chi connectivity index (χ0n) is 8.97. The normalized spacial score (nSPS) is 13.5. The Morgan fingerprint density at radius 2 is 1.72 bits per heavy atom. The molecule has 102 valence electrons. The Labute approximate surface area is 99.0 Å².